The van der Waals surface area contributed by atoms with Gasteiger partial charge in [-0.25, -0.2) is 0 Å². The first kappa shape index (κ1) is 17.5. The summed E-state index contributed by atoms with van der Waals surface area (Å²) in [6.07, 6.45) is 1.19. The van der Waals surface area contributed by atoms with Crippen LogP contribution >= 0.6 is 15.9 Å². The Bertz CT molecular complexity index is 663. The number of hydrogen-bond donors (Lipinski definition) is 1. The van der Waals surface area contributed by atoms with Gasteiger partial charge in [-0.2, -0.15) is 0 Å². The molecule has 0 aliphatic rings. The zero-order valence-electron chi connectivity index (χ0n) is 13.7. The number of hydrogen-bond acceptors (Lipinski definition) is 2. The Morgan fingerprint density at radius 2 is 1.74 bits per heavy atom. The molecular formula is C19H22BrNO2. The van der Waals surface area contributed by atoms with Crippen molar-refractivity contribution in [3.63, 3.8) is 0 Å². The number of aryl methyl sites for hydroxylation is 2. The molecule has 0 saturated carbocycles. The molecule has 4 heteroatoms. The summed E-state index contributed by atoms with van der Waals surface area (Å²) >= 11 is 3.40. The van der Waals surface area contributed by atoms with E-state index in [4.69, 9.17) is 4.74 Å². The summed E-state index contributed by atoms with van der Waals surface area (Å²) in [5.41, 5.74) is 3.21. The van der Waals surface area contributed by atoms with Gasteiger partial charge < -0.3 is 10.1 Å². The van der Waals surface area contributed by atoms with Crippen molar-refractivity contribution >= 4 is 27.5 Å². The van der Waals surface area contributed by atoms with Gasteiger partial charge in [-0.05, 0) is 49.1 Å². The predicted octanol–water partition coefficient (Wildman–Crippen LogP) is 4.98. The molecule has 0 radical (unpaired) electrons. The van der Waals surface area contributed by atoms with Crippen molar-refractivity contribution in [2.45, 2.75) is 39.7 Å². The Hall–Kier alpha value is -1.81. The number of carbonyl (C=O) groups is 1. The summed E-state index contributed by atoms with van der Waals surface area (Å²) in [7, 11) is 0. The highest BCUT2D eigenvalue weighted by Gasteiger charge is 2.17. The van der Waals surface area contributed by atoms with E-state index in [1.807, 2.05) is 30.3 Å². The van der Waals surface area contributed by atoms with E-state index in [9.17, 15) is 4.79 Å². The summed E-state index contributed by atoms with van der Waals surface area (Å²) in [6, 6.07) is 13.6. The topological polar surface area (TPSA) is 38.3 Å². The second-order valence-electron chi connectivity index (χ2n) is 5.37. The molecule has 0 spiro atoms. The molecule has 23 heavy (non-hydrogen) atoms. The molecule has 0 aliphatic heterocycles. The van der Waals surface area contributed by atoms with Crippen molar-refractivity contribution in [3.05, 3.63) is 58.1 Å². The molecule has 0 unspecified atom stereocenters. The molecule has 1 N–H and O–H groups in total. The van der Waals surface area contributed by atoms with E-state index in [2.05, 4.69) is 47.2 Å². The Labute approximate surface area is 146 Å². The van der Waals surface area contributed by atoms with E-state index < -0.39 is 6.10 Å². The molecule has 0 fully saturated rings. The van der Waals surface area contributed by atoms with Crippen molar-refractivity contribution in [1.29, 1.82) is 0 Å². The SMILES string of the molecule is CCc1cccc(CC)c1NC(=O)[C@@H](C)Oc1cccc(Br)c1. The van der Waals surface area contributed by atoms with Crippen LogP contribution in [0.4, 0.5) is 5.69 Å². The van der Waals surface area contributed by atoms with Crippen LogP contribution in [0.15, 0.2) is 46.9 Å². The number of para-hydroxylation sites is 1. The molecule has 0 bridgehead atoms. The van der Waals surface area contributed by atoms with Crippen molar-refractivity contribution in [2.75, 3.05) is 5.32 Å². The minimum absolute atomic E-state index is 0.138. The van der Waals surface area contributed by atoms with Crippen LogP contribution in [0.1, 0.15) is 31.9 Å². The fourth-order valence-corrected chi connectivity index (χ4v) is 2.80. The smallest absolute Gasteiger partial charge is 0.265 e. The lowest BCUT2D eigenvalue weighted by molar-refractivity contribution is -0.122. The minimum atomic E-state index is -0.570. The Morgan fingerprint density at radius 1 is 1.13 bits per heavy atom. The number of benzene rings is 2. The third-order valence-electron chi connectivity index (χ3n) is 3.73. The lowest BCUT2D eigenvalue weighted by atomic mass is 10.0. The average molecular weight is 376 g/mol. The standard InChI is InChI=1S/C19H22BrNO2/c1-4-14-8-6-9-15(5-2)18(14)21-19(22)13(3)23-17-11-7-10-16(20)12-17/h6-13H,4-5H2,1-3H3,(H,21,22)/t13-/m1/s1. The fraction of sp³-hybridized carbons (Fsp3) is 0.316. The molecule has 1 amide bonds. The molecule has 0 heterocycles. The first-order chi connectivity index (χ1) is 11.0. The van der Waals surface area contributed by atoms with Crippen LogP contribution < -0.4 is 10.1 Å². The van der Waals surface area contributed by atoms with Crippen LogP contribution in [0.2, 0.25) is 0 Å². The van der Waals surface area contributed by atoms with Crippen molar-refractivity contribution in [1.82, 2.24) is 0 Å². The van der Waals surface area contributed by atoms with Gasteiger partial charge in [0.2, 0.25) is 0 Å². The fourth-order valence-electron chi connectivity index (χ4n) is 2.43. The molecule has 0 saturated heterocycles. The number of carbonyl (C=O) groups excluding carboxylic acids is 1. The van der Waals surface area contributed by atoms with E-state index >= 15 is 0 Å². The third-order valence-corrected chi connectivity index (χ3v) is 4.22. The normalized spacial score (nSPS) is 11.8. The van der Waals surface area contributed by atoms with E-state index in [1.54, 1.807) is 6.92 Å². The first-order valence-electron chi connectivity index (χ1n) is 7.89. The van der Waals surface area contributed by atoms with Crippen molar-refractivity contribution in [3.8, 4) is 5.75 Å². The summed E-state index contributed by atoms with van der Waals surface area (Å²) in [6.45, 7) is 5.94. The molecule has 0 aromatic heterocycles. The largest absolute Gasteiger partial charge is 0.481 e. The van der Waals surface area contributed by atoms with Gasteiger partial charge in [-0.15, -0.1) is 0 Å². The second kappa shape index (κ2) is 8.16. The molecule has 2 aromatic rings. The van der Waals surface area contributed by atoms with E-state index in [-0.39, 0.29) is 5.91 Å². The maximum absolute atomic E-state index is 12.5. The molecule has 1 atom stereocenters. The monoisotopic (exact) mass is 375 g/mol. The highest BCUT2D eigenvalue weighted by molar-refractivity contribution is 9.10. The lowest BCUT2D eigenvalue weighted by Crippen LogP contribution is -2.30. The first-order valence-corrected chi connectivity index (χ1v) is 8.68. The van der Waals surface area contributed by atoms with Crippen LogP contribution in [0.3, 0.4) is 0 Å². The number of nitrogens with one attached hydrogen (secondary N) is 1. The van der Waals surface area contributed by atoms with E-state index in [0.29, 0.717) is 5.75 Å². The highest BCUT2D eigenvalue weighted by Crippen LogP contribution is 2.24. The van der Waals surface area contributed by atoms with Gasteiger partial charge in [0.25, 0.3) is 5.91 Å². The Kier molecular flexibility index (Phi) is 6.22. The lowest BCUT2D eigenvalue weighted by Gasteiger charge is -2.18. The molecular weight excluding hydrogens is 354 g/mol. The number of amides is 1. The van der Waals surface area contributed by atoms with Gasteiger partial charge in [0.05, 0.1) is 0 Å². The van der Waals surface area contributed by atoms with Crippen molar-refractivity contribution in [2.24, 2.45) is 0 Å². The van der Waals surface area contributed by atoms with Gasteiger partial charge in [0.1, 0.15) is 5.75 Å². The maximum atomic E-state index is 12.5. The van der Waals surface area contributed by atoms with Crippen LogP contribution in [0.5, 0.6) is 5.75 Å². The summed E-state index contributed by atoms with van der Waals surface area (Å²) in [4.78, 5) is 12.5. The Morgan fingerprint density at radius 3 is 2.30 bits per heavy atom. The minimum Gasteiger partial charge on any atom is -0.481 e. The highest BCUT2D eigenvalue weighted by atomic mass is 79.9. The summed E-state index contributed by atoms with van der Waals surface area (Å²) in [5, 5.41) is 3.04. The van der Waals surface area contributed by atoms with Gasteiger partial charge in [-0.1, -0.05) is 54.0 Å². The summed E-state index contributed by atoms with van der Waals surface area (Å²) < 4.78 is 6.66. The van der Waals surface area contributed by atoms with Crippen molar-refractivity contribution < 1.29 is 9.53 Å². The molecule has 2 aromatic carbocycles. The average Bonchev–Trinajstić information content (AvgIpc) is 2.54. The number of ether oxygens (including phenoxy) is 1. The number of anilines is 1. The van der Waals surface area contributed by atoms with Crippen LogP contribution in [-0.4, -0.2) is 12.0 Å². The second-order valence-corrected chi connectivity index (χ2v) is 6.28. The third kappa shape index (κ3) is 4.58. The van der Waals surface area contributed by atoms with Crippen LogP contribution in [0.25, 0.3) is 0 Å². The van der Waals surface area contributed by atoms with Gasteiger partial charge in [0, 0.05) is 10.2 Å². The molecule has 122 valence electrons. The zero-order chi connectivity index (χ0) is 16.8. The van der Waals surface area contributed by atoms with Gasteiger partial charge in [-0.3, -0.25) is 4.79 Å². The quantitative estimate of drug-likeness (QED) is 0.772. The van der Waals surface area contributed by atoms with Gasteiger partial charge >= 0.3 is 0 Å². The predicted molar refractivity (Wildman–Crippen MR) is 98.1 cm³/mol. The maximum Gasteiger partial charge on any atom is 0.265 e. The summed E-state index contributed by atoms with van der Waals surface area (Å²) in [5.74, 6) is 0.530. The molecule has 2 rings (SSSR count). The van der Waals surface area contributed by atoms with E-state index in [1.165, 1.54) is 0 Å². The Balaban J connectivity index is 2.12. The van der Waals surface area contributed by atoms with Gasteiger partial charge in [0.15, 0.2) is 6.10 Å². The van der Waals surface area contributed by atoms with Crippen LogP contribution in [0, 0.1) is 0 Å². The zero-order valence-corrected chi connectivity index (χ0v) is 15.3. The van der Waals surface area contributed by atoms with E-state index in [0.717, 1.165) is 34.1 Å². The number of rotatable bonds is 6. The molecule has 3 nitrogen and oxygen atoms in total. The molecule has 0 aliphatic carbocycles. The van der Waals surface area contributed by atoms with Crippen LogP contribution in [-0.2, 0) is 17.6 Å². The number of halogens is 1.